The molecule has 0 radical (unpaired) electrons. The number of benzene rings is 2. The van der Waals surface area contributed by atoms with E-state index in [1.165, 1.54) is 0 Å². The molecule has 0 aliphatic rings. The topological polar surface area (TPSA) is 38.0 Å². The molecule has 0 bridgehead atoms. The third-order valence-electron chi connectivity index (χ3n) is 2.47. The second-order valence-corrected chi connectivity index (χ2v) is 5.50. The Balaban J connectivity index is 2.38. The van der Waals surface area contributed by atoms with Crippen LogP contribution in [0.1, 0.15) is 5.56 Å². The summed E-state index contributed by atoms with van der Waals surface area (Å²) in [6.45, 7) is 2.03. The zero-order chi connectivity index (χ0) is 12.4. The van der Waals surface area contributed by atoms with Gasteiger partial charge in [0.15, 0.2) is 0 Å². The van der Waals surface area contributed by atoms with Crippen LogP contribution in [0.5, 0.6) is 0 Å². The molecule has 2 aromatic rings. The van der Waals surface area contributed by atoms with Gasteiger partial charge in [-0.2, -0.15) is 0 Å². The number of anilines is 3. The van der Waals surface area contributed by atoms with Gasteiger partial charge in [0.1, 0.15) is 0 Å². The first kappa shape index (κ1) is 12.5. The Morgan fingerprint density at radius 3 is 2.29 bits per heavy atom. The summed E-state index contributed by atoms with van der Waals surface area (Å²) in [6, 6.07) is 11.8. The molecule has 2 aromatic carbocycles. The highest BCUT2D eigenvalue weighted by Crippen LogP contribution is 2.34. The lowest BCUT2D eigenvalue weighted by Gasteiger charge is -2.13. The Labute approximate surface area is 117 Å². The number of halogens is 2. The molecule has 0 aromatic heterocycles. The summed E-state index contributed by atoms with van der Waals surface area (Å²) in [4.78, 5) is 0. The first-order valence-electron chi connectivity index (χ1n) is 5.15. The molecule has 88 valence electrons. The second-order valence-electron chi connectivity index (χ2n) is 3.80. The summed E-state index contributed by atoms with van der Waals surface area (Å²) < 4.78 is 2.03. The summed E-state index contributed by atoms with van der Waals surface area (Å²) in [5, 5.41) is 3.39. The van der Waals surface area contributed by atoms with Gasteiger partial charge in [-0.1, -0.05) is 6.07 Å². The second kappa shape index (κ2) is 5.10. The van der Waals surface area contributed by atoms with E-state index >= 15 is 0 Å². The summed E-state index contributed by atoms with van der Waals surface area (Å²) in [7, 11) is 0. The molecule has 0 heterocycles. The van der Waals surface area contributed by atoms with Gasteiger partial charge >= 0.3 is 0 Å². The number of nitrogen functional groups attached to an aromatic ring is 1. The number of hydrogen-bond acceptors (Lipinski definition) is 2. The lowest BCUT2D eigenvalue weighted by molar-refractivity contribution is 1.42. The lowest BCUT2D eigenvalue weighted by atomic mass is 10.1. The molecule has 17 heavy (non-hydrogen) atoms. The van der Waals surface area contributed by atoms with Gasteiger partial charge in [0.2, 0.25) is 0 Å². The van der Waals surface area contributed by atoms with Crippen molar-refractivity contribution >= 4 is 48.9 Å². The molecule has 0 aliphatic heterocycles. The molecule has 2 nitrogen and oxygen atoms in total. The molecule has 0 saturated heterocycles. The van der Waals surface area contributed by atoms with Gasteiger partial charge < -0.3 is 11.1 Å². The fourth-order valence-electron chi connectivity index (χ4n) is 1.58. The third-order valence-corrected chi connectivity index (χ3v) is 3.79. The van der Waals surface area contributed by atoms with E-state index in [4.69, 9.17) is 5.73 Å². The lowest BCUT2D eigenvalue weighted by Crippen LogP contribution is -1.96. The highest BCUT2D eigenvalue weighted by atomic mass is 79.9. The average Bonchev–Trinajstić information content (AvgIpc) is 2.26. The maximum Gasteiger partial charge on any atom is 0.0673 e. The fraction of sp³-hybridized carbons (Fsp3) is 0.0769. The number of rotatable bonds is 2. The molecule has 0 amide bonds. The van der Waals surface area contributed by atoms with Crippen LogP contribution in [0, 0.1) is 6.92 Å². The summed E-state index contributed by atoms with van der Waals surface area (Å²) in [6.07, 6.45) is 0. The molecule has 2 rings (SSSR count). The molecular formula is C13H12Br2N2. The van der Waals surface area contributed by atoms with E-state index in [1.807, 2.05) is 43.3 Å². The van der Waals surface area contributed by atoms with Crippen LogP contribution in [0.2, 0.25) is 0 Å². The number of aryl methyl sites for hydroxylation is 1. The molecule has 0 saturated carbocycles. The summed E-state index contributed by atoms with van der Waals surface area (Å²) in [5.74, 6) is 0. The van der Waals surface area contributed by atoms with Gasteiger partial charge in [-0.25, -0.2) is 0 Å². The van der Waals surface area contributed by atoms with Crippen molar-refractivity contribution in [2.24, 2.45) is 0 Å². The monoisotopic (exact) mass is 354 g/mol. The van der Waals surface area contributed by atoms with E-state index in [9.17, 15) is 0 Å². The van der Waals surface area contributed by atoms with E-state index in [2.05, 4.69) is 37.2 Å². The molecule has 0 spiro atoms. The summed E-state index contributed by atoms with van der Waals surface area (Å²) in [5.41, 5.74) is 9.69. The van der Waals surface area contributed by atoms with Gasteiger partial charge in [0.05, 0.1) is 5.69 Å². The molecule has 0 atom stereocenters. The summed E-state index contributed by atoms with van der Waals surface area (Å²) >= 11 is 7.05. The Hall–Kier alpha value is -1.000. The van der Waals surface area contributed by atoms with Gasteiger partial charge in [-0.15, -0.1) is 0 Å². The molecule has 0 aliphatic carbocycles. The normalized spacial score (nSPS) is 10.3. The molecule has 4 heteroatoms. The minimum atomic E-state index is 0.777. The van der Waals surface area contributed by atoms with Crippen LogP contribution in [0.15, 0.2) is 45.3 Å². The van der Waals surface area contributed by atoms with Crippen molar-refractivity contribution in [1.82, 2.24) is 0 Å². The van der Waals surface area contributed by atoms with Crippen molar-refractivity contribution in [1.29, 1.82) is 0 Å². The number of hydrogen-bond donors (Lipinski definition) is 2. The van der Waals surface area contributed by atoms with Crippen LogP contribution in [-0.2, 0) is 0 Å². The third kappa shape index (κ3) is 2.82. The first-order chi connectivity index (χ1) is 8.08. The van der Waals surface area contributed by atoms with Gasteiger partial charge in [-0.05, 0) is 74.7 Å². The van der Waals surface area contributed by atoms with E-state index < -0.39 is 0 Å². The maximum atomic E-state index is 5.73. The number of nitrogens with one attached hydrogen (secondary N) is 1. The minimum Gasteiger partial charge on any atom is -0.399 e. The maximum absolute atomic E-state index is 5.73. The highest BCUT2D eigenvalue weighted by molar-refractivity contribution is 9.11. The Kier molecular flexibility index (Phi) is 3.74. The largest absolute Gasteiger partial charge is 0.399 e. The van der Waals surface area contributed by atoms with Crippen LogP contribution in [0.3, 0.4) is 0 Å². The van der Waals surface area contributed by atoms with Crippen molar-refractivity contribution in [2.75, 3.05) is 11.1 Å². The quantitative estimate of drug-likeness (QED) is 0.756. The smallest absolute Gasteiger partial charge is 0.0673 e. The van der Waals surface area contributed by atoms with Crippen LogP contribution in [-0.4, -0.2) is 0 Å². The fourth-order valence-corrected chi connectivity index (χ4v) is 2.78. The van der Waals surface area contributed by atoms with Crippen molar-refractivity contribution in [3.05, 3.63) is 50.9 Å². The number of nitrogens with two attached hydrogens (primary N) is 1. The number of para-hydroxylation sites is 1. The van der Waals surface area contributed by atoms with E-state index in [-0.39, 0.29) is 0 Å². The van der Waals surface area contributed by atoms with Crippen LogP contribution in [0.4, 0.5) is 17.1 Å². The van der Waals surface area contributed by atoms with E-state index in [1.54, 1.807) is 0 Å². The van der Waals surface area contributed by atoms with E-state index in [0.29, 0.717) is 0 Å². The Morgan fingerprint density at radius 2 is 1.71 bits per heavy atom. The SMILES string of the molecule is Cc1cc(N)ccc1Nc1c(Br)cccc1Br. The zero-order valence-electron chi connectivity index (χ0n) is 9.30. The van der Waals surface area contributed by atoms with Gasteiger partial charge in [-0.3, -0.25) is 0 Å². The molecule has 3 N–H and O–H groups in total. The van der Waals surface area contributed by atoms with Crippen LogP contribution >= 0.6 is 31.9 Å². The predicted molar refractivity (Wildman–Crippen MR) is 80.7 cm³/mol. The highest BCUT2D eigenvalue weighted by Gasteiger charge is 2.06. The first-order valence-corrected chi connectivity index (χ1v) is 6.73. The van der Waals surface area contributed by atoms with Gasteiger partial charge in [0.25, 0.3) is 0 Å². The van der Waals surface area contributed by atoms with Crippen molar-refractivity contribution in [3.63, 3.8) is 0 Å². The minimum absolute atomic E-state index is 0.777. The van der Waals surface area contributed by atoms with Gasteiger partial charge in [0, 0.05) is 20.3 Å². The van der Waals surface area contributed by atoms with Crippen LogP contribution < -0.4 is 11.1 Å². The Bertz CT molecular complexity index is 533. The van der Waals surface area contributed by atoms with Crippen molar-refractivity contribution in [3.8, 4) is 0 Å². The van der Waals surface area contributed by atoms with Crippen molar-refractivity contribution in [2.45, 2.75) is 6.92 Å². The molecular weight excluding hydrogens is 344 g/mol. The molecule has 0 fully saturated rings. The van der Waals surface area contributed by atoms with Crippen LogP contribution in [0.25, 0.3) is 0 Å². The van der Waals surface area contributed by atoms with Crippen molar-refractivity contribution < 1.29 is 0 Å². The average molecular weight is 356 g/mol. The Morgan fingerprint density at radius 1 is 1.06 bits per heavy atom. The standard InChI is InChI=1S/C13H12Br2N2/c1-8-7-9(16)5-6-12(8)17-13-10(14)3-2-4-11(13)15/h2-7,17H,16H2,1H3. The molecule has 0 unspecified atom stereocenters. The predicted octanol–water partition coefficient (Wildman–Crippen LogP) is 4.85. The zero-order valence-corrected chi connectivity index (χ0v) is 12.5. The van der Waals surface area contributed by atoms with E-state index in [0.717, 1.165) is 31.6 Å².